The van der Waals surface area contributed by atoms with Gasteiger partial charge >= 0.3 is 0 Å². The van der Waals surface area contributed by atoms with Gasteiger partial charge in [0.15, 0.2) is 5.78 Å². The maximum atomic E-state index is 10.8. The maximum Gasteiger partial charge on any atom is 0.152 e. The van der Waals surface area contributed by atoms with Crippen LogP contribution < -0.4 is 9.47 Å². The van der Waals surface area contributed by atoms with Crippen LogP contribution in [0.1, 0.15) is 12.5 Å². The summed E-state index contributed by atoms with van der Waals surface area (Å²) in [7, 11) is 3.18. The van der Waals surface area contributed by atoms with Crippen molar-refractivity contribution in [2.75, 3.05) is 14.2 Å². The van der Waals surface area contributed by atoms with Gasteiger partial charge in [0.25, 0.3) is 0 Å². The van der Waals surface area contributed by atoms with E-state index in [1.807, 2.05) is 12.1 Å². The van der Waals surface area contributed by atoms with Gasteiger partial charge in [-0.3, -0.25) is 4.79 Å². The lowest BCUT2D eigenvalue weighted by atomic mass is 10.1. The Hall–Kier alpha value is -1.77. The van der Waals surface area contributed by atoms with E-state index in [9.17, 15) is 4.79 Å². The molecule has 0 radical (unpaired) electrons. The van der Waals surface area contributed by atoms with Crippen LogP contribution in [0.2, 0.25) is 0 Å². The summed E-state index contributed by atoms with van der Waals surface area (Å²) in [5.41, 5.74) is 0.876. The zero-order valence-electron chi connectivity index (χ0n) is 9.11. The van der Waals surface area contributed by atoms with Gasteiger partial charge in [0.2, 0.25) is 0 Å². The summed E-state index contributed by atoms with van der Waals surface area (Å²) < 4.78 is 10.2. The first-order chi connectivity index (χ1) is 7.15. The van der Waals surface area contributed by atoms with Gasteiger partial charge in [0.05, 0.1) is 14.2 Å². The molecule has 0 spiro atoms. The van der Waals surface area contributed by atoms with Crippen LogP contribution in [0.25, 0.3) is 6.08 Å². The Balaban J connectivity index is 3.01. The second-order valence-electron chi connectivity index (χ2n) is 3.09. The van der Waals surface area contributed by atoms with E-state index >= 15 is 0 Å². The number of benzene rings is 1. The normalized spacial score (nSPS) is 10.3. The van der Waals surface area contributed by atoms with Crippen LogP contribution in [0.15, 0.2) is 24.3 Å². The molecule has 0 N–H and O–H groups in total. The summed E-state index contributed by atoms with van der Waals surface area (Å²) in [4.78, 5) is 10.8. The molecule has 0 saturated carbocycles. The summed E-state index contributed by atoms with van der Waals surface area (Å²) in [5, 5.41) is 0. The molecule has 0 aliphatic heterocycles. The van der Waals surface area contributed by atoms with E-state index in [4.69, 9.17) is 9.47 Å². The van der Waals surface area contributed by atoms with Crippen LogP contribution in [0.5, 0.6) is 11.5 Å². The third-order valence-corrected chi connectivity index (χ3v) is 1.88. The number of carbonyl (C=O) groups excluding carboxylic acids is 1. The lowest BCUT2D eigenvalue weighted by Crippen LogP contribution is -1.88. The Kier molecular flexibility index (Phi) is 3.92. The number of hydrogen-bond donors (Lipinski definition) is 0. The Labute approximate surface area is 89.3 Å². The largest absolute Gasteiger partial charge is 0.497 e. The Morgan fingerprint density at radius 1 is 1.13 bits per heavy atom. The molecular formula is C12H14O3. The highest BCUT2D eigenvalue weighted by molar-refractivity contribution is 5.91. The first-order valence-electron chi connectivity index (χ1n) is 4.57. The smallest absolute Gasteiger partial charge is 0.152 e. The Bertz CT molecular complexity index is 358. The molecule has 0 amide bonds. The average Bonchev–Trinajstić information content (AvgIpc) is 2.25. The van der Waals surface area contributed by atoms with Gasteiger partial charge in [-0.1, -0.05) is 6.08 Å². The lowest BCUT2D eigenvalue weighted by molar-refractivity contribution is -0.112. The molecule has 0 saturated heterocycles. The Morgan fingerprint density at radius 2 is 1.67 bits per heavy atom. The number of rotatable bonds is 4. The van der Waals surface area contributed by atoms with Gasteiger partial charge in [-0.25, -0.2) is 0 Å². The fourth-order valence-electron chi connectivity index (χ4n) is 1.14. The number of carbonyl (C=O) groups is 1. The molecule has 0 aliphatic carbocycles. The third kappa shape index (κ3) is 3.46. The van der Waals surface area contributed by atoms with E-state index in [-0.39, 0.29) is 5.78 Å². The first kappa shape index (κ1) is 11.3. The van der Waals surface area contributed by atoms with Gasteiger partial charge < -0.3 is 9.47 Å². The number of ether oxygens (including phenoxy) is 2. The monoisotopic (exact) mass is 206 g/mol. The molecule has 0 bridgehead atoms. The highest BCUT2D eigenvalue weighted by Gasteiger charge is 1.99. The minimum atomic E-state index is 0.0109. The zero-order valence-corrected chi connectivity index (χ0v) is 9.11. The van der Waals surface area contributed by atoms with Gasteiger partial charge in [-0.05, 0) is 30.7 Å². The molecule has 3 heteroatoms. The van der Waals surface area contributed by atoms with Crippen LogP contribution in [-0.2, 0) is 4.79 Å². The Morgan fingerprint density at radius 3 is 2.07 bits per heavy atom. The third-order valence-electron chi connectivity index (χ3n) is 1.88. The molecular weight excluding hydrogens is 192 g/mol. The van der Waals surface area contributed by atoms with E-state index in [1.165, 1.54) is 13.0 Å². The van der Waals surface area contributed by atoms with E-state index in [0.29, 0.717) is 11.5 Å². The lowest BCUT2D eigenvalue weighted by Gasteiger charge is -2.05. The van der Waals surface area contributed by atoms with Crippen molar-refractivity contribution in [3.8, 4) is 11.5 Å². The fraction of sp³-hybridized carbons (Fsp3) is 0.250. The van der Waals surface area contributed by atoms with E-state index in [0.717, 1.165) is 5.56 Å². The second-order valence-corrected chi connectivity index (χ2v) is 3.09. The average molecular weight is 206 g/mol. The van der Waals surface area contributed by atoms with Crippen molar-refractivity contribution < 1.29 is 14.3 Å². The molecule has 0 fully saturated rings. The van der Waals surface area contributed by atoms with Crippen LogP contribution in [0.3, 0.4) is 0 Å². The van der Waals surface area contributed by atoms with Crippen molar-refractivity contribution in [3.05, 3.63) is 29.8 Å². The van der Waals surface area contributed by atoms with Gasteiger partial charge in [0, 0.05) is 6.07 Å². The maximum absolute atomic E-state index is 10.8. The van der Waals surface area contributed by atoms with Crippen LogP contribution in [0, 0.1) is 0 Å². The minimum absolute atomic E-state index is 0.0109. The van der Waals surface area contributed by atoms with Gasteiger partial charge in [-0.2, -0.15) is 0 Å². The molecule has 80 valence electrons. The van der Waals surface area contributed by atoms with Crippen molar-refractivity contribution in [2.24, 2.45) is 0 Å². The zero-order chi connectivity index (χ0) is 11.3. The fourth-order valence-corrected chi connectivity index (χ4v) is 1.14. The highest BCUT2D eigenvalue weighted by atomic mass is 16.5. The van der Waals surface area contributed by atoms with Crippen molar-refractivity contribution in [1.29, 1.82) is 0 Å². The molecule has 1 aromatic carbocycles. The molecule has 0 heterocycles. The van der Waals surface area contributed by atoms with Crippen molar-refractivity contribution in [3.63, 3.8) is 0 Å². The second kappa shape index (κ2) is 5.20. The van der Waals surface area contributed by atoms with Crippen molar-refractivity contribution in [1.82, 2.24) is 0 Å². The molecule has 0 aliphatic rings. The molecule has 0 aromatic heterocycles. The molecule has 15 heavy (non-hydrogen) atoms. The number of hydrogen-bond acceptors (Lipinski definition) is 3. The van der Waals surface area contributed by atoms with E-state index in [2.05, 4.69) is 0 Å². The predicted molar refractivity (Wildman–Crippen MR) is 59.3 cm³/mol. The van der Waals surface area contributed by atoms with Crippen LogP contribution >= 0.6 is 0 Å². The van der Waals surface area contributed by atoms with Gasteiger partial charge in [0.1, 0.15) is 11.5 Å². The molecule has 3 nitrogen and oxygen atoms in total. The SMILES string of the molecule is COc1cc(/C=C/C(C)=O)cc(OC)c1. The molecule has 0 unspecified atom stereocenters. The van der Waals surface area contributed by atoms with Crippen LogP contribution in [-0.4, -0.2) is 20.0 Å². The number of allylic oxidation sites excluding steroid dienone is 1. The summed E-state index contributed by atoms with van der Waals surface area (Å²) in [6.45, 7) is 1.51. The summed E-state index contributed by atoms with van der Waals surface area (Å²) in [6, 6.07) is 5.45. The summed E-state index contributed by atoms with van der Waals surface area (Å²) in [6.07, 6.45) is 3.24. The quantitative estimate of drug-likeness (QED) is 0.709. The summed E-state index contributed by atoms with van der Waals surface area (Å²) >= 11 is 0. The highest BCUT2D eigenvalue weighted by Crippen LogP contribution is 2.23. The van der Waals surface area contributed by atoms with E-state index in [1.54, 1.807) is 26.4 Å². The topological polar surface area (TPSA) is 35.5 Å². The van der Waals surface area contributed by atoms with E-state index < -0.39 is 0 Å². The molecule has 0 atom stereocenters. The molecule has 1 rings (SSSR count). The van der Waals surface area contributed by atoms with Crippen molar-refractivity contribution >= 4 is 11.9 Å². The van der Waals surface area contributed by atoms with Crippen LogP contribution in [0.4, 0.5) is 0 Å². The number of ketones is 1. The summed E-state index contributed by atoms with van der Waals surface area (Å²) in [5.74, 6) is 1.42. The number of methoxy groups -OCH3 is 2. The standard InChI is InChI=1S/C12H14O3/c1-9(13)4-5-10-6-11(14-2)8-12(7-10)15-3/h4-8H,1-3H3/b5-4+. The first-order valence-corrected chi connectivity index (χ1v) is 4.57. The predicted octanol–water partition coefficient (Wildman–Crippen LogP) is 2.31. The minimum Gasteiger partial charge on any atom is -0.497 e. The van der Waals surface area contributed by atoms with Crippen molar-refractivity contribution in [2.45, 2.75) is 6.92 Å². The molecule has 1 aromatic rings. The van der Waals surface area contributed by atoms with Gasteiger partial charge in [-0.15, -0.1) is 0 Å².